The van der Waals surface area contributed by atoms with E-state index in [4.69, 9.17) is 4.74 Å². The first-order chi connectivity index (χ1) is 5.47. The molecular formula is C10H12O. The maximum Gasteiger partial charge on any atom is 0.0535 e. The van der Waals surface area contributed by atoms with Crippen LogP contribution in [0, 0.1) is 0 Å². The molecule has 1 saturated heterocycles. The topological polar surface area (TPSA) is 9.23 Å². The second-order valence-corrected chi connectivity index (χ2v) is 2.97. The summed E-state index contributed by atoms with van der Waals surface area (Å²) in [6, 6.07) is 10.6. The predicted octanol–water partition coefficient (Wildman–Crippen LogP) is 2.19. The van der Waals surface area contributed by atoms with Crippen molar-refractivity contribution in [2.24, 2.45) is 0 Å². The van der Waals surface area contributed by atoms with E-state index in [0.717, 1.165) is 13.2 Å². The SMILES string of the molecule is c1ccc([C@@H]2CCOC2)cc1. The average molecular weight is 148 g/mol. The zero-order valence-corrected chi connectivity index (χ0v) is 6.49. The van der Waals surface area contributed by atoms with Gasteiger partial charge in [0.25, 0.3) is 0 Å². The molecule has 1 aliphatic rings. The average Bonchev–Trinajstić information content (AvgIpc) is 2.58. The minimum Gasteiger partial charge on any atom is -0.381 e. The number of hydrogen-bond donors (Lipinski definition) is 0. The summed E-state index contributed by atoms with van der Waals surface area (Å²) in [6.45, 7) is 1.84. The van der Waals surface area contributed by atoms with Crippen molar-refractivity contribution in [2.45, 2.75) is 12.3 Å². The zero-order chi connectivity index (χ0) is 7.52. The molecule has 1 atom stereocenters. The van der Waals surface area contributed by atoms with Gasteiger partial charge in [-0.3, -0.25) is 0 Å². The van der Waals surface area contributed by atoms with Crippen molar-refractivity contribution in [1.29, 1.82) is 0 Å². The summed E-state index contributed by atoms with van der Waals surface area (Å²) >= 11 is 0. The number of ether oxygens (including phenoxy) is 1. The van der Waals surface area contributed by atoms with Gasteiger partial charge in [0, 0.05) is 12.5 Å². The fourth-order valence-corrected chi connectivity index (χ4v) is 1.52. The van der Waals surface area contributed by atoms with E-state index in [1.165, 1.54) is 12.0 Å². The molecule has 0 aliphatic carbocycles. The lowest BCUT2D eigenvalue weighted by Gasteiger charge is -2.05. The fraction of sp³-hybridized carbons (Fsp3) is 0.400. The van der Waals surface area contributed by atoms with Gasteiger partial charge in [0.2, 0.25) is 0 Å². The van der Waals surface area contributed by atoms with Gasteiger partial charge in [-0.2, -0.15) is 0 Å². The third kappa shape index (κ3) is 1.43. The summed E-state index contributed by atoms with van der Waals surface area (Å²) in [6.07, 6.45) is 1.18. The molecule has 0 N–H and O–H groups in total. The highest BCUT2D eigenvalue weighted by molar-refractivity contribution is 5.19. The molecule has 0 aromatic heterocycles. The van der Waals surface area contributed by atoms with Crippen LogP contribution in [-0.2, 0) is 4.74 Å². The van der Waals surface area contributed by atoms with Crippen LogP contribution in [0.1, 0.15) is 17.9 Å². The van der Waals surface area contributed by atoms with E-state index in [1.807, 2.05) is 0 Å². The zero-order valence-electron chi connectivity index (χ0n) is 6.49. The molecule has 0 spiro atoms. The van der Waals surface area contributed by atoms with Gasteiger partial charge < -0.3 is 4.74 Å². The first-order valence-electron chi connectivity index (χ1n) is 4.09. The van der Waals surface area contributed by atoms with Gasteiger partial charge >= 0.3 is 0 Å². The van der Waals surface area contributed by atoms with Crippen LogP contribution in [-0.4, -0.2) is 13.2 Å². The van der Waals surface area contributed by atoms with E-state index >= 15 is 0 Å². The smallest absolute Gasteiger partial charge is 0.0535 e. The Morgan fingerprint density at radius 1 is 1.18 bits per heavy atom. The van der Waals surface area contributed by atoms with E-state index in [2.05, 4.69) is 30.3 Å². The second-order valence-electron chi connectivity index (χ2n) is 2.97. The standard InChI is InChI=1S/C10H12O/c1-2-4-9(5-3-1)10-6-7-11-8-10/h1-5,10H,6-8H2/t10-/m1/s1. The van der Waals surface area contributed by atoms with Crippen molar-refractivity contribution in [3.63, 3.8) is 0 Å². The molecule has 1 nitrogen and oxygen atoms in total. The second kappa shape index (κ2) is 3.05. The van der Waals surface area contributed by atoms with Gasteiger partial charge in [-0.05, 0) is 12.0 Å². The fourth-order valence-electron chi connectivity index (χ4n) is 1.52. The largest absolute Gasteiger partial charge is 0.381 e. The van der Waals surface area contributed by atoms with Gasteiger partial charge in [0.1, 0.15) is 0 Å². The van der Waals surface area contributed by atoms with E-state index in [0.29, 0.717) is 5.92 Å². The highest BCUT2D eigenvalue weighted by Crippen LogP contribution is 2.24. The molecule has 1 heterocycles. The summed E-state index contributed by atoms with van der Waals surface area (Å²) in [4.78, 5) is 0. The Hall–Kier alpha value is -0.820. The van der Waals surface area contributed by atoms with E-state index in [9.17, 15) is 0 Å². The van der Waals surface area contributed by atoms with Crippen LogP contribution in [0.4, 0.5) is 0 Å². The van der Waals surface area contributed by atoms with Gasteiger partial charge in [-0.15, -0.1) is 0 Å². The van der Waals surface area contributed by atoms with Crippen molar-refractivity contribution in [3.8, 4) is 0 Å². The van der Waals surface area contributed by atoms with Crippen molar-refractivity contribution >= 4 is 0 Å². The van der Waals surface area contributed by atoms with Crippen LogP contribution in [0.5, 0.6) is 0 Å². The number of benzene rings is 1. The van der Waals surface area contributed by atoms with E-state index in [-0.39, 0.29) is 0 Å². The highest BCUT2D eigenvalue weighted by Gasteiger charge is 2.16. The highest BCUT2D eigenvalue weighted by atomic mass is 16.5. The molecule has 0 saturated carbocycles. The number of hydrogen-bond acceptors (Lipinski definition) is 1. The molecular weight excluding hydrogens is 136 g/mol. The summed E-state index contributed by atoms with van der Waals surface area (Å²) in [5, 5.41) is 0. The van der Waals surface area contributed by atoms with Crippen molar-refractivity contribution < 1.29 is 4.74 Å². The first kappa shape index (κ1) is 6.86. The van der Waals surface area contributed by atoms with Crippen LogP contribution >= 0.6 is 0 Å². The molecule has 0 amide bonds. The van der Waals surface area contributed by atoms with Crippen molar-refractivity contribution in [2.75, 3.05) is 13.2 Å². The molecule has 58 valence electrons. The van der Waals surface area contributed by atoms with E-state index in [1.54, 1.807) is 0 Å². The lowest BCUT2D eigenvalue weighted by molar-refractivity contribution is 0.194. The minimum atomic E-state index is 0.649. The van der Waals surface area contributed by atoms with Crippen molar-refractivity contribution in [3.05, 3.63) is 35.9 Å². The van der Waals surface area contributed by atoms with Gasteiger partial charge in [0.05, 0.1) is 6.61 Å². The molecule has 1 heteroatoms. The molecule has 1 aromatic carbocycles. The lowest BCUT2D eigenvalue weighted by atomic mass is 9.99. The third-order valence-corrected chi connectivity index (χ3v) is 2.20. The molecule has 1 aromatic rings. The van der Waals surface area contributed by atoms with Crippen LogP contribution in [0.3, 0.4) is 0 Å². The summed E-state index contributed by atoms with van der Waals surface area (Å²) in [7, 11) is 0. The Kier molecular flexibility index (Phi) is 1.91. The minimum absolute atomic E-state index is 0.649. The van der Waals surface area contributed by atoms with Crippen LogP contribution in [0.25, 0.3) is 0 Å². The Balaban J connectivity index is 2.16. The van der Waals surface area contributed by atoms with Crippen LogP contribution in [0.15, 0.2) is 30.3 Å². The van der Waals surface area contributed by atoms with Crippen molar-refractivity contribution in [1.82, 2.24) is 0 Å². The van der Waals surface area contributed by atoms with Crippen LogP contribution < -0.4 is 0 Å². The Bertz CT molecular complexity index is 212. The molecule has 0 bridgehead atoms. The van der Waals surface area contributed by atoms with Gasteiger partial charge in [-0.1, -0.05) is 30.3 Å². The molecule has 2 rings (SSSR count). The van der Waals surface area contributed by atoms with Gasteiger partial charge in [-0.25, -0.2) is 0 Å². The third-order valence-electron chi connectivity index (χ3n) is 2.20. The summed E-state index contributed by atoms with van der Waals surface area (Å²) in [5.41, 5.74) is 1.42. The predicted molar refractivity (Wildman–Crippen MR) is 44.6 cm³/mol. The summed E-state index contributed by atoms with van der Waals surface area (Å²) < 4.78 is 5.31. The first-order valence-corrected chi connectivity index (χ1v) is 4.09. The molecule has 0 radical (unpaired) electrons. The van der Waals surface area contributed by atoms with Gasteiger partial charge in [0.15, 0.2) is 0 Å². The summed E-state index contributed by atoms with van der Waals surface area (Å²) in [5.74, 6) is 0.649. The molecule has 1 fully saturated rings. The number of rotatable bonds is 1. The Morgan fingerprint density at radius 2 is 2.00 bits per heavy atom. The van der Waals surface area contributed by atoms with Crippen LogP contribution in [0.2, 0.25) is 0 Å². The normalized spacial score (nSPS) is 23.8. The molecule has 11 heavy (non-hydrogen) atoms. The Labute approximate surface area is 67.0 Å². The van der Waals surface area contributed by atoms with E-state index < -0.39 is 0 Å². The maximum absolute atomic E-state index is 5.31. The maximum atomic E-state index is 5.31. The molecule has 0 unspecified atom stereocenters. The lowest BCUT2D eigenvalue weighted by Crippen LogP contribution is -1.95. The quantitative estimate of drug-likeness (QED) is 0.593. The molecule has 1 aliphatic heterocycles. The monoisotopic (exact) mass is 148 g/mol. The Morgan fingerprint density at radius 3 is 2.64 bits per heavy atom.